The quantitative estimate of drug-likeness (QED) is 0.583. The second-order valence-electron chi connectivity index (χ2n) is 7.56. The average molecular weight is 426 g/mol. The van der Waals surface area contributed by atoms with Gasteiger partial charge in [0, 0.05) is 6.54 Å². The van der Waals surface area contributed by atoms with Gasteiger partial charge >= 0.3 is 0 Å². The van der Waals surface area contributed by atoms with E-state index in [1.807, 2.05) is 6.92 Å². The number of nitrogens with one attached hydrogen (secondary N) is 1. The van der Waals surface area contributed by atoms with Gasteiger partial charge < -0.3 is 15.0 Å². The van der Waals surface area contributed by atoms with Crippen LogP contribution in [0.25, 0.3) is 0 Å². The third-order valence-corrected chi connectivity index (χ3v) is 6.38. The molecule has 1 fully saturated rings. The molecule has 1 N–H and O–H groups in total. The number of carbonyl (C=O) groups excluding carboxylic acids is 1. The minimum atomic E-state index is -3.62. The van der Waals surface area contributed by atoms with E-state index in [9.17, 15) is 13.2 Å². The lowest BCUT2D eigenvalue weighted by molar-refractivity contribution is -0.121. The second kappa shape index (κ2) is 11.4. The summed E-state index contributed by atoms with van der Waals surface area (Å²) in [5.41, 5.74) is 0.447. The van der Waals surface area contributed by atoms with Crippen molar-refractivity contribution in [2.75, 3.05) is 43.3 Å². The molecule has 0 aliphatic carbocycles. The van der Waals surface area contributed by atoms with E-state index in [1.54, 1.807) is 31.2 Å². The Labute approximate surface area is 175 Å². The van der Waals surface area contributed by atoms with Gasteiger partial charge in [-0.25, -0.2) is 8.42 Å². The summed E-state index contributed by atoms with van der Waals surface area (Å²) in [6.07, 6.45) is 7.08. The Hall–Kier alpha value is -1.80. The molecule has 0 saturated carbocycles. The van der Waals surface area contributed by atoms with Crippen LogP contribution in [0.15, 0.2) is 24.3 Å². The lowest BCUT2D eigenvalue weighted by Gasteiger charge is -2.28. The van der Waals surface area contributed by atoms with E-state index < -0.39 is 16.1 Å². The molecule has 1 saturated heterocycles. The molecule has 1 heterocycles. The van der Waals surface area contributed by atoms with Gasteiger partial charge in [-0.2, -0.15) is 0 Å². The van der Waals surface area contributed by atoms with Crippen molar-refractivity contribution in [3.05, 3.63) is 24.3 Å². The van der Waals surface area contributed by atoms with Crippen molar-refractivity contribution in [1.29, 1.82) is 0 Å². The Bertz CT molecular complexity index is 729. The van der Waals surface area contributed by atoms with Crippen molar-refractivity contribution in [1.82, 2.24) is 10.2 Å². The second-order valence-corrected chi connectivity index (χ2v) is 9.42. The maximum absolute atomic E-state index is 12.6. The van der Waals surface area contributed by atoms with E-state index in [2.05, 4.69) is 10.2 Å². The average Bonchev–Trinajstić information content (AvgIpc) is 2.94. The van der Waals surface area contributed by atoms with Crippen LogP contribution in [0.2, 0.25) is 0 Å². The zero-order chi connectivity index (χ0) is 21.3. The molecule has 8 heteroatoms. The highest BCUT2D eigenvalue weighted by Crippen LogP contribution is 2.24. The highest BCUT2D eigenvalue weighted by atomic mass is 32.2. The Balaban J connectivity index is 1.92. The lowest BCUT2D eigenvalue weighted by Crippen LogP contribution is -2.48. The summed E-state index contributed by atoms with van der Waals surface area (Å²) >= 11 is 0. The van der Waals surface area contributed by atoms with Crippen LogP contribution in [0, 0.1) is 0 Å². The molecular formula is C21H35N3O4S. The molecule has 1 aromatic rings. The lowest BCUT2D eigenvalue weighted by atomic mass is 10.2. The fourth-order valence-electron chi connectivity index (χ4n) is 3.69. The van der Waals surface area contributed by atoms with Gasteiger partial charge in [-0.15, -0.1) is 0 Å². The fourth-order valence-corrected chi connectivity index (χ4v) is 4.86. The summed E-state index contributed by atoms with van der Waals surface area (Å²) in [6.45, 7) is 7.79. The van der Waals surface area contributed by atoms with Crippen molar-refractivity contribution in [2.24, 2.45) is 0 Å². The van der Waals surface area contributed by atoms with Crippen molar-refractivity contribution < 1.29 is 17.9 Å². The normalized spacial score (nSPS) is 16.7. The standard InChI is InChI=1S/C21H35N3O4S/c1-4-28-20-12-10-19(11-13-20)24(29(3,26)27)18(2)21(25)22-14-9-17-23-15-7-5-6-8-16-23/h10-13,18H,4-9,14-17H2,1-3H3,(H,22,25)/t18-/m0/s1. The van der Waals surface area contributed by atoms with Crippen LogP contribution in [0.4, 0.5) is 5.69 Å². The summed E-state index contributed by atoms with van der Waals surface area (Å²) in [6, 6.07) is 5.91. The largest absolute Gasteiger partial charge is 0.494 e. The van der Waals surface area contributed by atoms with E-state index in [1.165, 1.54) is 25.7 Å². The molecule has 0 spiro atoms. The summed E-state index contributed by atoms with van der Waals surface area (Å²) in [5.74, 6) is 0.371. The first-order chi connectivity index (χ1) is 13.8. The predicted molar refractivity (Wildman–Crippen MR) is 117 cm³/mol. The summed E-state index contributed by atoms with van der Waals surface area (Å²) < 4.78 is 31.3. The number of anilines is 1. The first-order valence-electron chi connectivity index (χ1n) is 10.5. The number of carbonyl (C=O) groups is 1. The number of sulfonamides is 1. The molecule has 0 radical (unpaired) electrons. The third-order valence-electron chi connectivity index (χ3n) is 5.14. The summed E-state index contributed by atoms with van der Waals surface area (Å²) in [5, 5.41) is 2.90. The molecule has 164 valence electrons. The Morgan fingerprint density at radius 3 is 2.34 bits per heavy atom. The number of hydrogen-bond acceptors (Lipinski definition) is 5. The SMILES string of the molecule is CCOc1ccc(N([C@@H](C)C(=O)NCCCN2CCCCCC2)S(C)(=O)=O)cc1. The van der Waals surface area contributed by atoms with Gasteiger partial charge in [0.2, 0.25) is 15.9 Å². The topological polar surface area (TPSA) is 79.0 Å². The van der Waals surface area contributed by atoms with Gasteiger partial charge in [0.05, 0.1) is 18.6 Å². The molecule has 1 aromatic carbocycles. The number of hydrogen-bond donors (Lipinski definition) is 1. The van der Waals surface area contributed by atoms with E-state index in [0.717, 1.165) is 36.6 Å². The number of benzene rings is 1. The number of rotatable bonds is 10. The summed E-state index contributed by atoms with van der Waals surface area (Å²) in [4.78, 5) is 15.1. The first-order valence-corrected chi connectivity index (χ1v) is 12.4. The van der Waals surface area contributed by atoms with E-state index in [4.69, 9.17) is 4.74 Å². The maximum Gasteiger partial charge on any atom is 0.243 e. The van der Waals surface area contributed by atoms with E-state index in [-0.39, 0.29) is 5.91 Å². The number of likely N-dealkylation sites (tertiary alicyclic amines) is 1. The molecule has 2 rings (SSSR count). The van der Waals surface area contributed by atoms with Crippen LogP contribution in [0.5, 0.6) is 5.75 Å². The van der Waals surface area contributed by atoms with Crippen LogP contribution in [-0.4, -0.2) is 64.3 Å². The summed E-state index contributed by atoms with van der Waals surface area (Å²) in [7, 11) is -3.62. The highest BCUT2D eigenvalue weighted by molar-refractivity contribution is 7.92. The highest BCUT2D eigenvalue weighted by Gasteiger charge is 2.29. The molecular weight excluding hydrogens is 390 g/mol. The molecule has 0 bridgehead atoms. The van der Waals surface area contributed by atoms with Crippen LogP contribution in [-0.2, 0) is 14.8 Å². The van der Waals surface area contributed by atoms with Gasteiger partial charge in [0.15, 0.2) is 0 Å². The number of nitrogens with zero attached hydrogens (tertiary/aromatic N) is 2. The van der Waals surface area contributed by atoms with Crippen LogP contribution in [0.1, 0.15) is 46.0 Å². The van der Waals surface area contributed by atoms with Crippen LogP contribution < -0.4 is 14.4 Å². The number of ether oxygens (including phenoxy) is 1. The minimum absolute atomic E-state index is 0.292. The fraction of sp³-hybridized carbons (Fsp3) is 0.667. The van der Waals surface area contributed by atoms with Crippen LogP contribution >= 0.6 is 0 Å². The van der Waals surface area contributed by atoms with Crippen molar-refractivity contribution >= 4 is 21.6 Å². The Kier molecular flexibility index (Phi) is 9.23. The van der Waals surface area contributed by atoms with E-state index in [0.29, 0.717) is 24.6 Å². The predicted octanol–water partition coefficient (Wildman–Crippen LogP) is 2.62. The zero-order valence-corrected chi connectivity index (χ0v) is 18.7. The van der Waals surface area contributed by atoms with Gasteiger partial charge in [0.25, 0.3) is 0 Å². The molecule has 29 heavy (non-hydrogen) atoms. The first kappa shape index (κ1) is 23.5. The monoisotopic (exact) mass is 425 g/mol. The molecule has 1 atom stereocenters. The Morgan fingerprint density at radius 2 is 1.79 bits per heavy atom. The molecule has 7 nitrogen and oxygen atoms in total. The minimum Gasteiger partial charge on any atom is -0.494 e. The smallest absolute Gasteiger partial charge is 0.243 e. The van der Waals surface area contributed by atoms with Gasteiger partial charge in [-0.05, 0) is 77.0 Å². The number of amides is 1. The van der Waals surface area contributed by atoms with Gasteiger partial charge in [-0.3, -0.25) is 9.10 Å². The molecule has 0 aromatic heterocycles. The molecule has 1 aliphatic heterocycles. The van der Waals surface area contributed by atoms with Gasteiger partial charge in [0.1, 0.15) is 11.8 Å². The Morgan fingerprint density at radius 1 is 1.17 bits per heavy atom. The van der Waals surface area contributed by atoms with Gasteiger partial charge in [-0.1, -0.05) is 12.8 Å². The zero-order valence-electron chi connectivity index (χ0n) is 17.9. The van der Waals surface area contributed by atoms with Crippen LogP contribution in [0.3, 0.4) is 0 Å². The third kappa shape index (κ3) is 7.51. The van der Waals surface area contributed by atoms with E-state index >= 15 is 0 Å². The van der Waals surface area contributed by atoms with Crippen molar-refractivity contribution in [3.8, 4) is 5.75 Å². The molecule has 1 amide bonds. The molecule has 0 unspecified atom stereocenters. The van der Waals surface area contributed by atoms with Crippen molar-refractivity contribution in [3.63, 3.8) is 0 Å². The van der Waals surface area contributed by atoms with Crippen molar-refractivity contribution in [2.45, 2.75) is 52.0 Å². The molecule has 1 aliphatic rings. The maximum atomic E-state index is 12.6.